The van der Waals surface area contributed by atoms with Gasteiger partial charge >= 0.3 is 5.97 Å². The highest BCUT2D eigenvalue weighted by atomic mass is 35.5. The van der Waals surface area contributed by atoms with Gasteiger partial charge in [-0.2, -0.15) is 0 Å². The lowest BCUT2D eigenvalue weighted by atomic mass is 10.0. The molecule has 0 aromatic heterocycles. The second-order valence-electron chi connectivity index (χ2n) is 7.59. The van der Waals surface area contributed by atoms with E-state index in [-0.39, 0.29) is 36.2 Å². The number of methoxy groups -OCH3 is 1. The number of ether oxygens (including phenoxy) is 2. The van der Waals surface area contributed by atoms with E-state index in [0.717, 1.165) is 16.8 Å². The van der Waals surface area contributed by atoms with Crippen LogP contribution in [0, 0.1) is 5.41 Å². The topological polar surface area (TPSA) is 106 Å². The molecule has 3 rings (SSSR count). The molecule has 0 aliphatic carbocycles. The summed E-state index contributed by atoms with van der Waals surface area (Å²) < 4.78 is 10.7. The largest absolute Gasteiger partial charge is 0.493 e. The Morgan fingerprint density at radius 2 is 1.75 bits per heavy atom. The number of nitrogens with two attached hydrogens (primary N) is 1. The van der Waals surface area contributed by atoms with Crippen molar-refractivity contribution in [2.24, 2.45) is 5.73 Å². The fourth-order valence-corrected chi connectivity index (χ4v) is 3.43. The first kappa shape index (κ1) is 24.9. The molecule has 0 saturated heterocycles. The van der Waals surface area contributed by atoms with Crippen molar-refractivity contribution < 1.29 is 19.1 Å². The molecule has 2 aromatic rings. The number of nitrogens with one attached hydrogen (secondary N) is 1. The summed E-state index contributed by atoms with van der Waals surface area (Å²) in [6.45, 7) is 4.18. The van der Waals surface area contributed by atoms with Gasteiger partial charge < -0.3 is 20.1 Å². The van der Waals surface area contributed by atoms with E-state index >= 15 is 0 Å². The third-order valence-corrected chi connectivity index (χ3v) is 5.00. The first-order chi connectivity index (χ1) is 14.8. The van der Waals surface area contributed by atoms with Crippen molar-refractivity contribution in [3.63, 3.8) is 0 Å². The predicted octanol–water partition coefficient (Wildman–Crippen LogP) is 3.68. The molecule has 0 fully saturated rings. The Hall–Kier alpha value is -3.32. The van der Waals surface area contributed by atoms with Crippen LogP contribution in [-0.2, 0) is 25.5 Å². The van der Waals surface area contributed by atoms with Crippen LogP contribution in [0.15, 0.2) is 54.3 Å². The van der Waals surface area contributed by atoms with Crippen molar-refractivity contribution in [2.45, 2.75) is 32.8 Å². The Labute approximate surface area is 194 Å². The Kier molecular flexibility index (Phi) is 8.43. The minimum absolute atomic E-state index is 0. The van der Waals surface area contributed by atoms with Crippen LogP contribution >= 0.6 is 12.4 Å². The Balaban J connectivity index is 0.00000363. The van der Waals surface area contributed by atoms with E-state index < -0.39 is 0 Å². The molecule has 8 heteroatoms. The smallest absolute Gasteiger partial charge is 0.305 e. The third kappa shape index (κ3) is 5.68. The number of amides is 1. The maximum Gasteiger partial charge on any atom is 0.305 e. The van der Waals surface area contributed by atoms with Crippen LogP contribution in [0.3, 0.4) is 0 Å². The molecular formula is C24H28ClN3O4. The highest BCUT2D eigenvalue weighted by Crippen LogP contribution is 2.33. The van der Waals surface area contributed by atoms with Gasteiger partial charge in [-0.3, -0.25) is 15.0 Å². The molecule has 0 radical (unpaired) electrons. The fourth-order valence-electron chi connectivity index (χ4n) is 3.43. The van der Waals surface area contributed by atoms with E-state index in [4.69, 9.17) is 15.9 Å². The van der Waals surface area contributed by atoms with E-state index in [9.17, 15) is 9.59 Å². The SMILES string of the molecule is COC(=O)CCc1ccc(N2CC(OC(C)C)=C(c3ccc(C(=N)N)cc3)C2=O)cc1.Cl. The fraction of sp³-hybridized carbons (Fsp3) is 0.292. The van der Waals surface area contributed by atoms with Gasteiger partial charge in [-0.1, -0.05) is 36.4 Å². The predicted molar refractivity (Wildman–Crippen MR) is 127 cm³/mol. The van der Waals surface area contributed by atoms with Crippen molar-refractivity contribution in [1.29, 1.82) is 5.41 Å². The summed E-state index contributed by atoms with van der Waals surface area (Å²) in [7, 11) is 1.37. The number of anilines is 1. The molecule has 3 N–H and O–H groups in total. The zero-order chi connectivity index (χ0) is 22.5. The lowest BCUT2D eigenvalue weighted by Crippen LogP contribution is -2.26. The second kappa shape index (κ2) is 10.8. The quantitative estimate of drug-likeness (QED) is 0.357. The number of amidine groups is 1. The lowest BCUT2D eigenvalue weighted by Gasteiger charge is -2.18. The summed E-state index contributed by atoms with van der Waals surface area (Å²) in [4.78, 5) is 26.3. The number of benzene rings is 2. The monoisotopic (exact) mass is 457 g/mol. The summed E-state index contributed by atoms with van der Waals surface area (Å²) in [6, 6.07) is 14.6. The molecule has 0 unspecified atom stereocenters. The van der Waals surface area contributed by atoms with Gasteiger partial charge in [-0.05, 0) is 43.5 Å². The van der Waals surface area contributed by atoms with Gasteiger partial charge in [0.05, 0.1) is 25.3 Å². The summed E-state index contributed by atoms with van der Waals surface area (Å²) in [6.07, 6.45) is 0.816. The Morgan fingerprint density at radius 1 is 1.12 bits per heavy atom. The van der Waals surface area contributed by atoms with Crippen molar-refractivity contribution >= 4 is 41.4 Å². The number of hydrogen-bond acceptors (Lipinski definition) is 5. The molecule has 1 aliphatic heterocycles. The maximum atomic E-state index is 13.3. The first-order valence-electron chi connectivity index (χ1n) is 10.1. The van der Waals surface area contributed by atoms with E-state index in [2.05, 4.69) is 4.74 Å². The van der Waals surface area contributed by atoms with Crippen LogP contribution in [0.2, 0.25) is 0 Å². The third-order valence-electron chi connectivity index (χ3n) is 5.00. The van der Waals surface area contributed by atoms with Gasteiger partial charge in [0.15, 0.2) is 0 Å². The van der Waals surface area contributed by atoms with Gasteiger partial charge in [0, 0.05) is 17.7 Å². The number of carbonyl (C=O) groups excluding carboxylic acids is 2. The zero-order valence-corrected chi connectivity index (χ0v) is 19.2. The van der Waals surface area contributed by atoms with Crippen molar-refractivity contribution in [3.05, 3.63) is 71.0 Å². The van der Waals surface area contributed by atoms with Crippen LogP contribution in [0.4, 0.5) is 5.69 Å². The first-order valence-corrected chi connectivity index (χ1v) is 10.1. The van der Waals surface area contributed by atoms with Gasteiger partial charge in [-0.25, -0.2) is 0 Å². The highest BCUT2D eigenvalue weighted by Gasteiger charge is 2.34. The summed E-state index contributed by atoms with van der Waals surface area (Å²) in [5.41, 5.74) is 9.12. The number of nitrogen functional groups attached to an aromatic ring is 1. The molecule has 170 valence electrons. The molecule has 32 heavy (non-hydrogen) atoms. The average Bonchev–Trinajstić information content (AvgIpc) is 3.07. The number of esters is 1. The van der Waals surface area contributed by atoms with Gasteiger partial charge in [0.2, 0.25) is 0 Å². The van der Waals surface area contributed by atoms with Crippen molar-refractivity contribution in [3.8, 4) is 0 Å². The van der Waals surface area contributed by atoms with E-state index in [0.29, 0.717) is 36.3 Å². The molecule has 0 spiro atoms. The molecular weight excluding hydrogens is 430 g/mol. The average molecular weight is 458 g/mol. The molecule has 1 heterocycles. The van der Waals surface area contributed by atoms with Crippen molar-refractivity contribution in [1.82, 2.24) is 0 Å². The number of hydrogen-bond donors (Lipinski definition) is 2. The van der Waals surface area contributed by atoms with Crippen LogP contribution in [0.1, 0.15) is 37.0 Å². The Bertz CT molecular complexity index is 1010. The zero-order valence-electron chi connectivity index (χ0n) is 18.4. The number of carbonyl (C=O) groups is 2. The highest BCUT2D eigenvalue weighted by molar-refractivity contribution is 6.29. The number of nitrogens with zero attached hydrogens (tertiary/aromatic N) is 1. The van der Waals surface area contributed by atoms with Crippen LogP contribution in [0.5, 0.6) is 0 Å². The normalized spacial score (nSPS) is 13.2. The summed E-state index contributed by atoms with van der Waals surface area (Å²) in [5, 5.41) is 7.55. The lowest BCUT2D eigenvalue weighted by molar-refractivity contribution is -0.140. The molecule has 0 bridgehead atoms. The van der Waals surface area contributed by atoms with Gasteiger partial charge in [-0.15, -0.1) is 12.4 Å². The molecule has 0 atom stereocenters. The molecule has 1 amide bonds. The molecule has 1 aliphatic rings. The molecule has 0 saturated carbocycles. The molecule has 7 nitrogen and oxygen atoms in total. The summed E-state index contributed by atoms with van der Waals surface area (Å²) in [5.74, 6) is 0.198. The number of rotatable bonds is 8. The van der Waals surface area contributed by atoms with E-state index in [1.54, 1.807) is 29.2 Å². The van der Waals surface area contributed by atoms with Crippen LogP contribution in [0.25, 0.3) is 5.57 Å². The van der Waals surface area contributed by atoms with Crippen LogP contribution < -0.4 is 10.6 Å². The summed E-state index contributed by atoms with van der Waals surface area (Å²) >= 11 is 0. The standard InChI is InChI=1S/C24H27N3O4.ClH/c1-15(2)31-20-14-27(19-11-4-16(5-12-19)6-13-21(28)30-3)24(29)22(20)17-7-9-18(10-8-17)23(25)26;/h4-5,7-12,15H,6,13-14H2,1-3H3,(H3,25,26);1H. The van der Waals surface area contributed by atoms with Gasteiger partial charge in [0.1, 0.15) is 11.6 Å². The molecule has 2 aromatic carbocycles. The minimum Gasteiger partial charge on any atom is -0.493 e. The van der Waals surface area contributed by atoms with Gasteiger partial charge in [0.25, 0.3) is 5.91 Å². The number of halogens is 1. The van der Waals surface area contributed by atoms with Crippen LogP contribution in [-0.4, -0.2) is 37.5 Å². The number of aryl methyl sites for hydroxylation is 1. The second-order valence-corrected chi connectivity index (χ2v) is 7.59. The van der Waals surface area contributed by atoms with E-state index in [1.165, 1.54) is 7.11 Å². The maximum absolute atomic E-state index is 13.3. The van der Waals surface area contributed by atoms with Crippen molar-refractivity contribution in [2.75, 3.05) is 18.6 Å². The van der Waals surface area contributed by atoms with E-state index in [1.807, 2.05) is 38.1 Å². The Morgan fingerprint density at radius 3 is 2.28 bits per heavy atom. The minimum atomic E-state index is -0.251.